The SMILES string of the molecule is CC[C@@H](Cc1cc(F)ccc1OC)C[C@@H](C)Cc1cc(F)ccc1OC. The van der Waals surface area contributed by atoms with Crippen LogP contribution in [0.15, 0.2) is 36.4 Å². The third-order valence-corrected chi connectivity index (χ3v) is 4.87. The van der Waals surface area contributed by atoms with E-state index in [4.69, 9.17) is 9.47 Å². The molecule has 0 radical (unpaired) electrons. The van der Waals surface area contributed by atoms with Gasteiger partial charge in [-0.05, 0) is 78.6 Å². The third kappa shape index (κ3) is 5.45. The molecule has 2 atom stereocenters. The smallest absolute Gasteiger partial charge is 0.123 e. The van der Waals surface area contributed by atoms with Crippen molar-refractivity contribution in [1.82, 2.24) is 0 Å². The Kier molecular flexibility index (Phi) is 7.43. The van der Waals surface area contributed by atoms with Crippen molar-refractivity contribution in [1.29, 1.82) is 0 Å². The van der Waals surface area contributed by atoms with E-state index in [2.05, 4.69) is 13.8 Å². The second kappa shape index (κ2) is 9.56. The molecule has 0 amide bonds. The Labute approximate surface area is 155 Å². The summed E-state index contributed by atoms with van der Waals surface area (Å²) in [5, 5.41) is 0. The van der Waals surface area contributed by atoms with Crippen molar-refractivity contribution in [3.63, 3.8) is 0 Å². The molecule has 2 aromatic carbocycles. The van der Waals surface area contributed by atoms with E-state index in [-0.39, 0.29) is 11.6 Å². The topological polar surface area (TPSA) is 18.5 Å². The Balaban J connectivity index is 2.06. The summed E-state index contributed by atoms with van der Waals surface area (Å²) >= 11 is 0. The van der Waals surface area contributed by atoms with Crippen molar-refractivity contribution in [2.24, 2.45) is 11.8 Å². The average Bonchev–Trinajstić information content (AvgIpc) is 2.61. The highest BCUT2D eigenvalue weighted by atomic mass is 19.1. The number of benzene rings is 2. The first-order valence-corrected chi connectivity index (χ1v) is 9.11. The molecule has 0 fully saturated rings. The van der Waals surface area contributed by atoms with E-state index in [9.17, 15) is 8.78 Å². The van der Waals surface area contributed by atoms with Gasteiger partial charge in [0.15, 0.2) is 0 Å². The summed E-state index contributed by atoms with van der Waals surface area (Å²) in [6.45, 7) is 4.31. The molecule has 0 aromatic heterocycles. The molecule has 0 bridgehead atoms. The number of hydrogen-bond donors (Lipinski definition) is 0. The summed E-state index contributed by atoms with van der Waals surface area (Å²) in [5.74, 6) is 1.72. The molecule has 0 heterocycles. The highest BCUT2D eigenvalue weighted by Gasteiger charge is 2.17. The molecule has 0 saturated heterocycles. The predicted octanol–water partition coefficient (Wildman–Crippen LogP) is 5.82. The number of ether oxygens (including phenoxy) is 2. The van der Waals surface area contributed by atoms with Gasteiger partial charge in [0.05, 0.1) is 14.2 Å². The van der Waals surface area contributed by atoms with Gasteiger partial charge in [0.1, 0.15) is 23.1 Å². The van der Waals surface area contributed by atoms with E-state index in [0.29, 0.717) is 11.8 Å². The van der Waals surface area contributed by atoms with Gasteiger partial charge in [0.25, 0.3) is 0 Å². The van der Waals surface area contributed by atoms with Gasteiger partial charge in [0.2, 0.25) is 0 Å². The number of halogens is 2. The summed E-state index contributed by atoms with van der Waals surface area (Å²) in [6, 6.07) is 9.29. The van der Waals surface area contributed by atoms with Crippen LogP contribution in [0.3, 0.4) is 0 Å². The maximum Gasteiger partial charge on any atom is 0.123 e. The number of hydrogen-bond acceptors (Lipinski definition) is 2. The molecule has 0 aliphatic heterocycles. The molecule has 142 valence electrons. The Bertz CT molecular complexity index is 715. The Morgan fingerprint density at radius 3 is 1.81 bits per heavy atom. The lowest BCUT2D eigenvalue weighted by Gasteiger charge is -2.21. The van der Waals surface area contributed by atoms with Gasteiger partial charge in [-0.15, -0.1) is 0 Å². The summed E-state index contributed by atoms with van der Waals surface area (Å²) in [6.07, 6.45) is 3.47. The first kappa shape index (κ1) is 20.2. The standard InChI is InChI=1S/C22H28F2O2/c1-5-16(12-18-14-20(24)7-9-22(18)26-4)10-15(2)11-17-13-19(23)6-8-21(17)25-3/h6-9,13-16H,5,10-12H2,1-4H3/t15-,16-/m1/s1. The molecule has 0 spiro atoms. The van der Waals surface area contributed by atoms with Crippen LogP contribution in [0.4, 0.5) is 8.78 Å². The fraction of sp³-hybridized carbons (Fsp3) is 0.455. The van der Waals surface area contributed by atoms with Gasteiger partial charge >= 0.3 is 0 Å². The van der Waals surface area contributed by atoms with Crippen LogP contribution in [0, 0.1) is 23.5 Å². The van der Waals surface area contributed by atoms with E-state index < -0.39 is 0 Å². The lowest BCUT2D eigenvalue weighted by Crippen LogP contribution is -2.12. The normalized spacial score (nSPS) is 13.3. The zero-order valence-electron chi connectivity index (χ0n) is 16.0. The first-order valence-electron chi connectivity index (χ1n) is 9.11. The Morgan fingerprint density at radius 1 is 0.846 bits per heavy atom. The number of methoxy groups -OCH3 is 2. The van der Waals surface area contributed by atoms with Crippen LogP contribution in [-0.2, 0) is 12.8 Å². The van der Waals surface area contributed by atoms with Crippen LogP contribution >= 0.6 is 0 Å². The minimum atomic E-state index is -0.246. The molecule has 26 heavy (non-hydrogen) atoms. The van der Waals surface area contributed by atoms with Gasteiger partial charge in [-0.2, -0.15) is 0 Å². The molecule has 0 N–H and O–H groups in total. The summed E-state index contributed by atoms with van der Waals surface area (Å²) in [4.78, 5) is 0. The second-order valence-corrected chi connectivity index (χ2v) is 6.94. The number of rotatable bonds is 9. The van der Waals surface area contributed by atoms with E-state index in [1.54, 1.807) is 38.5 Å². The molecule has 0 aliphatic carbocycles. The van der Waals surface area contributed by atoms with Crippen molar-refractivity contribution in [2.75, 3.05) is 14.2 Å². The van der Waals surface area contributed by atoms with Crippen LogP contribution < -0.4 is 9.47 Å². The van der Waals surface area contributed by atoms with Gasteiger partial charge in [-0.1, -0.05) is 20.3 Å². The lowest BCUT2D eigenvalue weighted by atomic mass is 9.85. The molecular weight excluding hydrogens is 334 g/mol. The monoisotopic (exact) mass is 362 g/mol. The van der Waals surface area contributed by atoms with E-state index in [0.717, 1.165) is 48.3 Å². The second-order valence-electron chi connectivity index (χ2n) is 6.94. The van der Waals surface area contributed by atoms with Gasteiger partial charge in [-0.25, -0.2) is 8.78 Å². The van der Waals surface area contributed by atoms with Crippen LogP contribution in [0.2, 0.25) is 0 Å². The van der Waals surface area contributed by atoms with Crippen LogP contribution in [-0.4, -0.2) is 14.2 Å². The molecule has 0 unspecified atom stereocenters. The summed E-state index contributed by atoms with van der Waals surface area (Å²) in [7, 11) is 3.21. The highest BCUT2D eigenvalue weighted by Crippen LogP contribution is 2.30. The van der Waals surface area contributed by atoms with Crippen molar-refractivity contribution >= 4 is 0 Å². The molecule has 0 aliphatic rings. The summed E-state index contributed by atoms with van der Waals surface area (Å²) < 4.78 is 37.9. The first-order chi connectivity index (χ1) is 12.5. The fourth-order valence-electron chi connectivity index (χ4n) is 3.55. The largest absolute Gasteiger partial charge is 0.496 e. The molecule has 0 saturated carbocycles. The maximum absolute atomic E-state index is 13.6. The van der Waals surface area contributed by atoms with Gasteiger partial charge < -0.3 is 9.47 Å². The summed E-state index contributed by atoms with van der Waals surface area (Å²) in [5.41, 5.74) is 1.79. The van der Waals surface area contributed by atoms with Crippen LogP contribution in [0.5, 0.6) is 11.5 Å². The zero-order valence-corrected chi connectivity index (χ0v) is 16.0. The average molecular weight is 362 g/mol. The van der Waals surface area contributed by atoms with E-state index in [1.165, 1.54) is 12.1 Å². The quantitative estimate of drug-likeness (QED) is 0.560. The molecule has 4 heteroatoms. The minimum Gasteiger partial charge on any atom is -0.496 e. The molecule has 2 aromatic rings. The molecule has 2 nitrogen and oxygen atoms in total. The maximum atomic E-state index is 13.6. The van der Waals surface area contributed by atoms with Gasteiger partial charge in [-0.3, -0.25) is 0 Å². The Morgan fingerprint density at radius 2 is 1.35 bits per heavy atom. The third-order valence-electron chi connectivity index (χ3n) is 4.87. The zero-order chi connectivity index (χ0) is 19.1. The predicted molar refractivity (Wildman–Crippen MR) is 101 cm³/mol. The lowest BCUT2D eigenvalue weighted by molar-refractivity contribution is 0.357. The van der Waals surface area contributed by atoms with Crippen molar-refractivity contribution in [2.45, 2.75) is 39.5 Å². The van der Waals surface area contributed by atoms with Gasteiger partial charge in [0, 0.05) is 0 Å². The van der Waals surface area contributed by atoms with E-state index >= 15 is 0 Å². The Hall–Kier alpha value is -2.10. The van der Waals surface area contributed by atoms with Crippen molar-refractivity contribution < 1.29 is 18.3 Å². The van der Waals surface area contributed by atoms with Crippen LogP contribution in [0.25, 0.3) is 0 Å². The van der Waals surface area contributed by atoms with Crippen molar-refractivity contribution in [3.05, 3.63) is 59.2 Å². The highest BCUT2D eigenvalue weighted by molar-refractivity contribution is 5.35. The minimum absolute atomic E-state index is 0.242. The van der Waals surface area contributed by atoms with Crippen LogP contribution in [0.1, 0.15) is 37.8 Å². The van der Waals surface area contributed by atoms with Crippen molar-refractivity contribution in [3.8, 4) is 11.5 Å². The molecular formula is C22H28F2O2. The van der Waals surface area contributed by atoms with E-state index in [1.807, 2.05) is 0 Å². The molecule has 2 rings (SSSR count). The fourth-order valence-corrected chi connectivity index (χ4v) is 3.55.